The van der Waals surface area contributed by atoms with Crippen molar-refractivity contribution in [2.75, 3.05) is 19.6 Å². The lowest BCUT2D eigenvalue weighted by molar-refractivity contribution is -0.130. The maximum absolute atomic E-state index is 11.7. The van der Waals surface area contributed by atoms with Crippen molar-refractivity contribution in [1.82, 2.24) is 14.2 Å². The molecule has 3 heterocycles. The van der Waals surface area contributed by atoms with E-state index >= 15 is 0 Å². The van der Waals surface area contributed by atoms with Gasteiger partial charge in [0.15, 0.2) is 0 Å². The van der Waals surface area contributed by atoms with E-state index in [0.29, 0.717) is 11.9 Å². The number of carbonyl (C=O) groups is 1. The molecule has 2 aliphatic rings. The number of likely N-dealkylation sites (tertiary alicyclic amines) is 2. The highest BCUT2D eigenvalue weighted by Crippen LogP contribution is 2.23. The SMILES string of the molecule is O=C1CCCN1C1CCN(Cc2cnsc2)CC1. The quantitative estimate of drug-likeness (QED) is 0.835. The summed E-state index contributed by atoms with van der Waals surface area (Å²) in [4.78, 5) is 16.3. The number of piperidine rings is 1. The molecule has 0 spiro atoms. The van der Waals surface area contributed by atoms with Crippen LogP contribution < -0.4 is 0 Å². The monoisotopic (exact) mass is 265 g/mol. The van der Waals surface area contributed by atoms with Gasteiger partial charge in [0.1, 0.15) is 0 Å². The summed E-state index contributed by atoms with van der Waals surface area (Å²) in [5, 5.41) is 2.12. The molecular weight excluding hydrogens is 246 g/mol. The Balaban J connectivity index is 1.50. The third-order valence-corrected chi connectivity index (χ3v) is 4.63. The molecule has 2 aliphatic heterocycles. The fraction of sp³-hybridized carbons (Fsp3) is 0.692. The Morgan fingerprint density at radius 1 is 1.33 bits per heavy atom. The lowest BCUT2D eigenvalue weighted by Gasteiger charge is -2.36. The van der Waals surface area contributed by atoms with E-state index in [9.17, 15) is 4.79 Å². The second-order valence-electron chi connectivity index (χ2n) is 5.23. The number of amides is 1. The largest absolute Gasteiger partial charge is 0.340 e. The summed E-state index contributed by atoms with van der Waals surface area (Å²) in [6, 6.07) is 0.497. The maximum atomic E-state index is 11.7. The molecule has 2 saturated heterocycles. The van der Waals surface area contributed by atoms with Crippen molar-refractivity contribution in [3.63, 3.8) is 0 Å². The van der Waals surface area contributed by atoms with Gasteiger partial charge in [0, 0.05) is 50.2 Å². The molecule has 4 nitrogen and oxygen atoms in total. The molecule has 1 aromatic heterocycles. The fourth-order valence-corrected chi connectivity index (χ4v) is 3.54. The van der Waals surface area contributed by atoms with Gasteiger partial charge in [-0.3, -0.25) is 9.69 Å². The molecule has 1 aromatic rings. The highest BCUT2D eigenvalue weighted by Gasteiger charge is 2.30. The second-order valence-corrected chi connectivity index (χ2v) is 5.89. The number of carbonyl (C=O) groups excluding carboxylic acids is 1. The standard InChI is InChI=1S/C13H19N3OS/c17-13-2-1-5-16(13)12-3-6-15(7-4-12)9-11-8-14-18-10-11/h8,10,12H,1-7,9H2. The maximum Gasteiger partial charge on any atom is 0.222 e. The highest BCUT2D eigenvalue weighted by atomic mass is 32.1. The van der Waals surface area contributed by atoms with Gasteiger partial charge in [0.05, 0.1) is 0 Å². The van der Waals surface area contributed by atoms with Crippen LogP contribution in [0.2, 0.25) is 0 Å². The van der Waals surface area contributed by atoms with Crippen molar-refractivity contribution in [2.45, 2.75) is 38.3 Å². The average molecular weight is 265 g/mol. The van der Waals surface area contributed by atoms with E-state index in [0.717, 1.165) is 51.9 Å². The van der Waals surface area contributed by atoms with Crippen LogP contribution in [0.3, 0.4) is 0 Å². The minimum absolute atomic E-state index is 0.371. The molecule has 0 saturated carbocycles. The molecule has 0 radical (unpaired) electrons. The summed E-state index contributed by atoms with van der Waals surface area (Å²) in [5.74, 6) is 0.371. The van der Waals surface area contributed by atoms with Gasteiger partial charge in [0.25, 0.3) is 0 Å². The number of hydrogen-bond donors (Lipinski definition) is 0. The fourth-order valence-electron chi connectivity index (χ4n) is 3.01. The summed E-state index contributed by atoms with van der Waals surface area (Å²) >= 11 is 1.52. The van der Waals surface area contributed by atoms with Gasteiger partial charge in [-0.15, -0.1) is 0 Å². The van der Waals surface area contributed by atoms with Crippen molar-refractivity contribution >= 4 is 17.4 Å². The van der Waals surface area contributed by atoms with E-state index in [1.807, 2.05) is 6.20 Å². The van der Waals surface area contributed by atoms with E-state index in [1.165, 1.54) is 17.1 Å². The molecule has 2 fully saturated rings. The molecule has 0 unspecified atom stereocenters. The van der Waals surface area contributed by atoms with E-state index in [4.69, 9.17) is 0 Å². The molecule has 5 heteroatoms. The zero-order chi connectivity index (χ0) is 12.4. The molecule has 0 aromatic carbocycles. The smallest absolute Gasteiger partial charge is 0.222 e. The van der Waals surface area contributed by atoms with Crippen LogP contribution in [-0.2, 0) is 11.3 Å². The van der Waals surface area contributed by atoms with Crippen LogP contribution in [0, 0.1) is 0 Å². The van der Waals surface area contributed by atoms with E-state index in [1.54, 1.807) is 0 Å². The van der Waals surface area contributed by atoms with Crippen LogP contribution in [0.15, 0.2) is 11.6 Å². The third kappa shape index (κ3) is 2.57. The first-order chi connectivity index (χ1) is 8.83. The Morgan fingerprint density at radius 2 is 2.17 bits per heavy atom. The van der Waals surface area contributed by atoms with Crippen molar-refractivity contribution < 1.29 is 4.79 Å². The van der Waals surface area contributed by atoms with Crippen molar-refractivity contribution in [2.24, 2.45) is 0 Å². The number of hydrogen-bond acceptors (Lipinski definition) is 4. The summed E-state index contributed by atoms with van der Waals surface area (Å²) in [6.07, 6.45) is 6.04. The van der Waals surface area contributed by atoms with Crippen molar-refractivity contribution in [3.8, 4) is 0 Å². The van der Waals surface area contributed by atoms with Gasteiger partial charge in [-0.1, -0.05) is 0 Å². The molecule has 3 rings (SSSR count). The van der Waals surface area contributed by atoms with Gasteiger partial charge in [-0.2, -0.15) is 0 Å². The predicted octanol–water partition coefficient (Wildman–Crippen LogP) is 1.73. The Bertz CT molecular complexity index is 398. The lowest BCUT2D eigenvalue weighted by Crippen LogP contribution is -2.45. The van der Waals surface area contributed by atoms with Crippen LogP contribution in [0.5, 0.6) is 0 Å². The van der Waals surface area contributed by atoms with Gasteiger partial charge < -0.3 is 4.90 Å². The van der Waals surface area contributed by atoms with Crippen LogP contribution in [0.1, 0.15) is 31.2 Å². The average Bonchev–Trinajstić information content (AvgIpc) is 3.02. The Hall–Kier alpha value is -0.940. The molecule has 98 valence electrons. The Kier molecular flexibility index (Phi) is 3.61. The summed E-state index contributed by atoms with van der Waals surface area (Å²) in [7, 11) is 0. The van der Waals surface area contributed by atoms with Gasteiger partial charge in [-0.05, 0) is 36.4 Å². The van der Waals surface area contributed by atoms with Gasteiger partial charge in [0.2, 0.25) is 5.91 Å². The topological polar surface area (TPSA) is 36.4 Å². The van der Waals surface area contributed by atoms with E-state index in [-0.39, 0.29) is 0 Å². The molecule has 1 amide bonds. The summed E-state index contributed by atoms with van der Waals surface area (Å²) in [5.41, 5.74) is 1.32. The Labute approximate surface area is 112 Å². The van der Waals surface area contributed by atoms with E-state index in [2.05, 4.69) is 19.6 Å². The first kappa shape index (κ1) is 12.1. The molecule has 18 heavy (non-hydrogen) atoms. The van der Waals surface area contributed by atoms with Crippen LogP contribution in [0.25, 0.3) is 0 Å². The summed E-state index contributed by atoms with van der Waals surface area (Å²) in [6.45, 7) is 4.20. The van der Waals surface area contributed by atoms with Crippen LogP contribution >= 0.6 is 11.5 Å². The number of rotatable bonds is 3. The summed E-state index contributed by atoms with van der Waals surface area (Å²) < 4.78 is 4.14. The lowest BCUT2D eigenvalue weighted by atomic mass is 10.0. The first-order valence-electron chi connectivity index (χ1n) is 6.73. The number of nitrogens with zero attached hydrogens (tertiary/aromatic N) is 3. The normalized spacial score (nSPS) is 22.9. The number of aromatic nitrogens is 1. The van der Waals surface area contributed by atoms with Crippen LogP contribution in [0.4, 0.5) is 0 Å². The Morgan fingerprint density at radius 3 is 2.78 bits per heavy atom. The second kappa shape index (κ2) is 5.36. The minimum atomic E-state index is 0.371. The van der Waals surface area contributed by atoms with Crippen LogP contribution in [-0.4, -0.2) is 45.8 Å². The molecule has 0 bridgehead atoms. The minimum Gasteiger partial charge on any atom is -0.340 e. The van der Waals surface area contributed by atoms with E-state index < -0.39 is 0 Å². The van der Waals surface area contributed by atoms with Crippen molar-refractivity contribution in [3.05, 3.63) is 17.1 Å². The first-order valence-corrected chi connectivity index (χ1v) is 7.56. The molecular formula is C13H19N3OS. The molecule has 0 N–H and O–H groups in total. The third-order valence-electron chi connectivity index (χ3n) is 4.00. The molecule has 0 aliphatic carbocycles. The zero-order valence-corrected chi connectivity index (χ0v) is 11.4. The molecule has 0 atom stereocenters. The van der Waals surface area contributed by atoms with Gasteiger partial charge in [-0.25, -0.2) is 4.37 Å². The zero-order valence-electron chi connectivity index (χ0n) is 10.5. The highest BCUT2D eigenvalue weighted by molar-refractivity contribution is 7.03. The van der Waals surface area contributed by atoms with Gasteiger partial charge >= 0.3 is 0 Å². The predicted molar refractivity (Wildman–Crippen MR) is 71.4 cm³/mol. The van der Waals surface area contributed by atoms with Crippen molar-refractivity contribution in [1.29, 1.82) is 0 Å².